The molecule has 0 saturated carbocycles. The number of sulfonamides is 1. The van der Waals surface area contributed by atoms with Crippen LogP contribution in [0.5, 0.6) is 0 Å². The lowest BCUT2D eigenvalue weighted by Crippen LogP contribution is -2.18. The zero-order valence-electron chi connectivity index (χ0n) is 13.8. The Hall–Kier alpha value is -1.68. The van der Waals surface area contributed by atoms with Crippen LogP contribution in [0.2, 0.25) is 0 Å². The number of nitrogens with one attached hydrogen (secondary N) is 2. The Bertz CT molecular complexity index is 1070. The molecular weight excluding hydrogens is 516 g/mol. The Kier molecular flexibility index (Phi) is 6.36. The van der Waals surface area contributed by atoms with Crippen LogP contribution in [0, 0.1) is 0 Å². The number of rotatable bonds is 6. The topological polar surface area (TPSA) is 75.3 Å². The Balaban J connectivity index is 1.75. The SMILES string of the molecule is O=C(Cc1ccc(Br)c(Br)c1)Nc1ccccc1NS(=O)(=O)c1cccs1. The maximum absolute atomic E-state index is 12.4. The molecule has 1 heterocycles. The molecular formula is C18H14Br2N2O3S2. The molecule has 0 saturated heterocycles. The van der Waals surface area contributed by atoms with E-state index < -0.39 is 10.0 Å². The number of anilines is 2. The van der Waals surface area contributed by atoms with Crippen molar-refractivity contribution < 1.29 is 13.2 Å². The lowest BCUT2D eigenvalue weighted by molar-refractivity contribution is -0.115. The van der Waals surface area contributed by atoms with E-state index in [1.165, 1.54) is 6.07 Å². The number of hydrogen-bond donors (Lipinski definition) is 2. The highest BCUT2D eigenvalue weighted by Crippen LogP contribution is 2.27. The van der Waals surface area contributed by atoms with Crippen molar-refractivity contribution in [1.82, 2.24) is 0 Å². The first-order valence-corrected chi connectivity index (χ1v) is 11.7. The van der Waals surface area contributed by atoms with Crippen LogP contribution in [0.3, 0.4) is 0 Å². The van der Waals surface area contributed by atoms with Crippen molar-refractivity contribution in [3.63, 3.8) is 0 Å². The minimum atomic E-state index is -3.69. The summed E-state index contributed by atoms with van der Waals surface area (Å²) >= 11 is 7.93. The van der Waals surface area contributed by atoms with E-state index in [9.17, 15) is 13.2 Å². The van der Waals surface area contributed by atoms with E-state index >= 15 is 0 Å². The summed E-state index contributed by atoms with van der Waals surface area (Å²) in [7, 11) is -3.69. The number of benzene rings is 2. The molecule has 1 aromatic heterocycles. The van der Waals surface area contributed by atoms with Gasteiger partial charge >= 0.3 is 0 Å². The third-order valence-electron chi connectivity index (χ3n) is 3.55. The van der Waals surface area contributed by atoms with Crippen LogP contribution >= 0.6 is 43.2 Å². The molecule has 9 heteroatoms. The second-order valence-electron chi connectivity index (χ2n) is 5.56. The van der Waals surface area contributed by atoms with Gasteiger partial charge < -0.3 is 5.32 Å². The molecule has 0 bridgehead atoms. The van der Waals surface area contributed by atoms with E-state index in [-0.39, 0.29) is 16.5 Å². The minimum absolute atomic E-state index is 0.165. The van der Waals surface area contributed by atoms with Gasteiger partial charge in [-0.1, -0.05) is 24.3 Å². The molecule has 3 aromatic rings. The highest BCUT2D eigenvalue weighted by atomic mass is 79.9. The van der Waals surface area contributed by atoms with Crippen molar-refractivity contribution in [3.8, 4) is 0 Å². The first-order chi connectivity index (χ1) is 12.8. The molecule has 0 aliphatic rings. The van der Waals surface area contributed by atoms with Gasteiger partial charge in [-0.3, -0.25) is 9.52 Å². The number of halogens is 2. The van der Waals surface area contributed by atoms with Crippen LogP contribution in [0.4, 0.5) is 11.4 Å². The lowest BCUT2D eigenvalue weighted by atomic mass is 10.1. The van der Waals surface area contributed by atoms with E-state index in [4.69, 9.17) is 0 Å². The Morgan fingerprint density at radius 1 is 0.963 bits per heavy atom. The zero-order valence-corrected chi connectivity index (χ0v) is 18.6. The molecule has 3 rings (SSSR count). The quantitative estimate of drug-likeness (QED) is 0.457. The van der Waals surface area contributed by atoms with Crippen molar-refractivity contribution in [1.29, 1.82) is 0 Å². The average molecular weight is 530 g/mol. The molecule has 0 spiro atoms. The summed E-state index contributed by atoms with van der Waals surface area (Å²) < 4.78 is 29.4. The number of carbonyl (C=O) groups is 1. The van der Waals surface area contributed by atoms with E-state index in [2.05, 4.69) is 41.9 Å². The Labute approximate surface area is 178 Å². The number of hydrogen-bond acceptors (Lipinski definition) is 4. The van der Waals surface area contributed by atoms with Crippen molar-refractivity contribution in [2.24, 2.45) is 0 Å². The Morgan fingerprint density at radius 2 is 1.70 bits per heavy atom. The molecule has 27 heavy (non-hydrogen) atoms. The normalized spacial score (nSPS) is 11.2. The van der Waals surface area contributed by atoms with Gasteiger partial charge in [0.15, 0.2) is 0 Å². The molecule has 140 valence electrons. The Morgan fingerprint density at radius 3 is 2.37 bits per heavy atom. The van der Waals surface area contributed by atoms with Gasteiger partial charge in [-0.15, -0.1) is 11.3 Å². The van der Waals surface area contributed by atoms with Crippen LogP contribution in [-0.4, -0.2) is 14.3 Å². The van der Waals surface area contributed by atoms with Gasteiger partial charge in [0.1, 0.15) is 4.21 Å². The summed E-state index contributed by atoms with van der Waals surface area (Å²) in [6.07, 6.45) is 0.165. The fraction of sp³-hybridized carbons (Fsp3) is 0.0556. The molecule has 2 aromatic carbocycles. The molecule has 0 aliphatic carbocycles. The van der Waals surface area contributed by atoms with Crippen molar-refractivity contribution in [2.75, 3.05) is 10.0 Å². The number of para-hydroxylation sites is 2. The van der Waals surface area contributed by atoms with E-state index in [0.29, 0.717) is 11.4 Å². The maximum Gasteiger partial charge on any atom is 0.271 e. The molecule has 1 amide bonds. The summed E-state index contributed by atoms with van der Waals surface area (Å²) in [5, 5.41) is 4.46. The summed E-state index contributed by atoms with van der Waals surface area (Å²) in [5.41, 5.74) is 1.55. The van der Waals surface area contributed by atoms with Gasteiger partial charge in [-0.2, -0.15) is 0 Å². The second-order valence-corrected chi connectivity index (χ2v) is 10.1. The third-order valence-corrected chi connectivity index (χ3v) is 8.20. The molecule has 0 unspecified atom stereocenters. The van der Waals surface area contributed by atoms with Crippen LogP contribution in [-0.2, 0) is 21.2 Å². The summed E-state index contributed by atoms with van der Waals surface area (Å²) in [6.45, 7) is 0. The second kappa shape index (κ2) is 8.55. The van der Waals surface area contributed by atoms with Gasteiger partial charge in [-0.05, 0) is 73.1 Å². The van der Waals surface area contributed by atoms with Gasteiger partial charge in [0.2, 0.25) is 5.91 Å². The first kappa shape index (κ1) is 20.1. The minimum Gasteiger partial charge on any atom is -0.324 e. The largest absolute Gasteiger partial charge is 0.324 e. The van der Waals surface area contributed by atoms with Crippen molar-refractivity contribution >= 4 is 70.5 Å². The molecule has 0 atom stereocenters. The van der Waals surface area contributed by atoms with Crippen LogP contribution in [0.25, 0.3) is 0 Å². The third kappa shape index (κ3) is 5.19. The number of carbonyl (C=O) groups excluding carboxylic acids is 1. The summed E-state index contributed by atoms with van der Waals surface area (Å²) in [5.74, 6) is -0.244. The number of amides is 1. The van der Waals surface area contributed by atoms with Crippen LogP contribution in [0.1, 0.15) is 5.56 Å². The van der Waals surface area contributed by atoms with Crippen LogP contribution < -0.4 is 10.0 Å². The smallest absolute Gasteiger partial charge is 0.271 e. The highest BCUT2D eigenvalue weighted by molar-refractivity contribution is 9.13. The molecule has 2 N–H and O–H groups in total. The predicted octanol–water partition coefficient (Wildman–Crippen LogP) is 5.26. The zero-order chi connectivity index (χ0) is 19.4. The van der Waals surface area contributed by atoms with Gasteiger partial charge in [0.25, 0.3) is 10.0 Å². The maximum atomic E-state index is 12.4. The van der Waals surface area contributed by atoms with E-state index in [1.807, 2.05) is 18.2 Å². The molecule has 0 aliphatic heterocycles. The summed E-state index contributed by atoms with van der Waals surface area (Å²) in [4.78, 5) is 12.4. The average Bonchev–Trinajstić information content (AvgIpc) is 3.15. The van der Waals surface area contributed by atoms with E-state index in [1.54, 1.807) is 35.7 Å². The molecule has 5 nitrogen and oxygen atoms in total. The summed E-state index contributed by atoms with van der Waals surface area (Å²) in [6, 6.07) is 15.5. The van der Waals surface area contributed by atoms with Gasteiger partial charge in [-0.25, -0.2) is 8.42 Å². The van der Waals surface area contributed by atoms with Gasteiger partial charge in [0.05, 0.1) is 17.8 Å². The number of thiophene rings is 1. The fourth-order valence-electron chi connectivity index (χ4n) is 2.32. The van der Waals surface area contributed by atoms with Crippen molar-refractivity contribution in [2.45, 2.75) is 10.6 Å². The molecule has 0 fully saturated rings. The van der Waals surface area contributed by atoms with Crippen molar-refractivity contribution in [3.05, 3.63) is 74.5 Å². The molecule has 0 radical (unpaired) electrons. The van der Waals surface area contributed by atoms with Gasteiger partial charge in [0, 0.05) is 8.95 Å². The standard InChI is InChI=1S/C18H14Br2N2O3S2/c19-13-8-7-12(10-14(13)20)11-17(23)21-15-4-1-2-5-16(15)22-27(24,25)18-6-3-9-26-18/h1-10,22H,11H2,(H,21,23). The fourth-order valence-corrected chi connectivity index (χ4v) is 5.07. The highest BCUT2D eigenvalue weighted by Gasteiger charge is 2.17. The van der Waals surface area contributed by atoms with E-state index in [0.717, 1.165) is 25.8 Å². The lowest BCUT2D eigenvalue weighted by Gasteiger charge is -2.13. The predicted molar refractivity (Wildman–Crippen MR) is 116 cm³/mol. The van der Waals surface area contributed by atoms with Crippen LogP contribution in [0.15, 0.2) is 73.1 Å². The first-order valence-electron chi connectivity index (χ1n) is 7.74. The monoisotopic (exact) mass is 528 g/mol.